The van der Waals surface area contributed by atoms with Gasteiger partial charge in [-0.25, -0.2) is 0 Å². The quantitative estimate of drug-likeness (QED) is 0.807. The molecule has 2 unspecified atom stereocenters. The Morgan fingerprint density at radius 3 is 2.44 bits per heavy atom. The van der Waals surface area contributed by atoms with Crippen LogP contribution in [0.15, 0.2) is 0 Å². The van der Waals surface area contributed by atoms with Gasteiger partial charge in [0.2, 0.25) is 0 Å². The predicted molar refractivity (Wildman–Crippen MR) is 81.0 cm³/mol. The fourth-order valence-electron chi connectivity index (χ4n) is 2.81. The van der Waals surface area contributed by atoms with Crippen LogP contribution < -0.4 is 5.32 Å². The van der Waals surface area contributed by atoms with Crippen LogP contribution in [0.4, 0.5) is 0 Å². The minimum atomic E-state index is 0.370. The highest BCUT2D eigenvalue weighted by Crippen LogP contribution is 2.24. The van der Waals surface area contributed by atoms with E-state index < -0.39 is 0 Å². The average molecular weight is 254 g/mol. The molecule has 0 aromatic carbocycles. The topological polar surface area (TPSA) is 15.3 Å². The molecule has 1 fully saturated rings. The first kappa shape index (κ1) is 16.0. The van der Waals surface area contributed by atoms with Crippen molar-refractivity contribution in [1.29, 1.82) is 0 Å². The van der Waals surface area contributed by atoms with Crippen molar-refractivity contribution in [1.82, 2.24) is 10.2 Å². The Kier molecular flexibility index (Phi) is 6.13. The molecule has 2 atom stereocenters. The van der Waals surface area contributed by atoms with Crippen LogP contribution in [0, 0.1) is 11.3 Å². The van der Waals surface area contributed by atoms with Crippen molar-refractivity contribution in [3.8, 4) is 0 Å². The third-order valence-electron chi connectivity index (χ3n) is 4.28. The molecule has 2 heteroatoms. The molecular weight excluding hydrogens is 220 g/mol. The molecular formula is C16H34N2. The molecule has 108 valence electrons. The summed E-state index contributed by atoms with van der Waals surface area (Å²) in [6.45, 7) is 17.7. The molecule has 1 aliphatic rings. The van der Waals surface area contributed by atoms with Crippen molar-refractivity contribution in [3.63, 3.8) is 0 Å². The second-order valence-electron chi connectivity index (χ2n) is 7.42. The van der Waals surface area contributed by atoms with Gasteiger partial charge in [-0.3, -0.25) is 4.90 Å². The Bertz CT molecular complexity index is 230. The summed E-state index contributed by atoms with van der Waals surface area (Å²) < 4.78 is 0. The lowest BCUT2D eigenvalue weighted by Crippen LogP contribution is -2.60. The molecule has 2 nitrogen and oxygen atoms in total. The van der Waals surface area contributed by atoms with Crippen LogP contribution in [-0.2, 0) is 0 Å². The summed E-state index contributed by atoms with van der Waals surface area (Å²) in [6, 6.07) is 1.38. The smallest absolute Gasteiger partial charge is 0.0244 e. The van der Waals surface area contributed by atoms with Gasteiger partial charge in [-0.15, -0.1) is 0 Å². The normalized spacial score (nSPS) is 26.8. The van der Waals surface area contributed by atoms with E-state index in [1.54, 1.807) is 0 Å². The second kappa shape index (κ2) is 6.91. The summed E-state index contributed by atoms with van der Waals surface area (Å²) in [6.07, 6.45) is 3.98. The Hall–Kier alpha value is -0.0800. The Labute approximate surface area is 115 Å². The summed E-state index contributed by atoms with van der Waals surface area (Å²) in [5.74, 6) is 0.839. The summed E-state index contributed by atoms with van der Waals surface area (Å²) in [7, 11) is 0. The molecule has 0 radical (unpaired) electrons. The van der Waals surface area contributed by atoms with E-state index in [4.69, 9.17) is 0 Å². The maximum atomic E-state index is 3.75. The molecule has 0 aliphatic carbocycles. The van der Waals surface area contributed by atoms with Gasteiger partial charge in [0.25, 0.3) is 0 Å². The largest absolute Gasteiger partial charge is 0.311 e. The SMILES string of the molecule is CCC1CNC(C(C)(C)C)CN1CCCC(C)C. The number of nitrogens with zero attached hydrogens (tertiary/aromatic N) is 1. The zero-order valence-electron chi connectivity index (χ0n) is 13.4. The van der Waals surface area contributed by atoms with Gasteiger partial charge >= 0.3 is 0 Å². The Morgan fingerprint density at radius 2 is 1.94 bits per heavy atom. The third kappa shape index (κ3) is 4.89. The minimum absolute atomic E-state index is 0.370. The van der Waals surface area contributed by atoms with Crippen molar-refractivity contribution in [3.05, 3.63) is 0 Å². The van der Waals surface area contributed by atoms with Crippen molar-refractivity contribution in [2.75, 3.05) is 19.6 Å². The number of hydrogen-bond donors (Lipinski definition) is 1. The van der Waals surface area contributed by atoms with Crippen LogP contribution in [0.3, 0.4) is 0 Å². The van der Waals surface area contributed by atoms with E-state index in [2.05, 4.69) is 51.8 Å². The fourth-order valence-corrected chi connectivity index (χ4v) is 2.81. The van der Waals surface area contributed by atoms with Gasteiger partial charge in [0.1, 0.15) is 0 Å². The maximum absolute atomic E-state index is 3.75. The van der Waals surface area contributed by atoms with Gasteiger partial charge in [0, 0.05) is 25.2 Å². The highest BCUT2D eigenvalue weighted by molar-refractivity contribution is 4.91. The first-order chi connectivity index (χ1) is 8.34. The molecule has 1 rings (SSSR count). The monoisotopic (exact) mass is 254 g/mol. The van der Waals surface area contributed by atoms with E-state index in [-0.39, 0.29) is 0 Å². The van der Waals surface area contributed by atoms with Crippen molar-refractivity contribution >= 4 is 0 Å². The fraction of sp³-hybridized carbons (Fsp3) is 1.00. The Morgan fingerprint density at radius 1 is 1.28 bits per heavy atom. The summed E-state index contributed by atoms with van der Waals surface area (Å²) in [5.41, 5.74) is 0.370. The lowest BCUT2D eigenvalue weighted by Gasteiger charge is -2.45. The number of nitrogens with one attached hydrogen (secondary N) is 1. The van der Waals surface area contributed by atoms with Crippen LogP contribution in [0.1, 0.15) is 60.8 Å². The molecule has 1 aliphatic heterocycles. The van der Waals surface area contributed by atoms with Crippen LogP contribution in [0.25, 0.3) is 0 Å². The molecule has 0 aromatic heterocycles. The van der Waals surface area contributed by atoms with Crippen LogP contribution >= 0.6 is 0 Å². The highest BCUT2D eigenvalue weighted by Gasteiger charge is 2.32. The zero-order valence-corrected chi connectivity index (χ0v) is 13.4. The molecule has 1 N–H and O–H groups in total. The van der Waals surface area contributed by atoms with Gasteiger partial charge in [0.05, 0.1) is 0 Å². The van der Waals surface area contributed by atoms with Gasteiger partial charge in [-0.05, 0) is 37.1 Å². The second-order valence-corrected chi connectivity index (χ2v) is 7.42. The predicted octanol–water partition coefficient (Wildman–Crippen LogP) is 3.52. The molecule has 0 amide bonds. The van der Waals surface area contributed by atoms with Gasteiger partial charge < -0.3 is 5.32 Å². The van der Waals surface area contributed by atoms with Crippen LogP contribution in [-0.4, -0.2) is 36.6 Å². The lowest BCUT2D eigenvalue weighted by atomic mass is 9.84. The van der Waals surface area contributed by atoms with Crippen molar-refractivity contribution < 1.29 is 0 Å². The maximum Gasteiger partial charge on any atom is 0.0244 e. The molecule has 1 saturated heterocycles. The molecule has 0 bridgehead atoms. The van der Waals surface area contributed by atoms with E-state index >= 15 is 0 Å². The minimum Gasteiger partial charge on any atom is -0.311 e. The van der Waals surface area contributed by atoms with Crippen molar-refractivity contribution in [2.45, 2.75) is 72.9 Å². The number of rotatable bonds is 5. The zero-order chi connectivity index (χ0) is 13.8. The molecule has 0 aromatic rings. The Balaban J connectivity index is 2.49. The van der Waals surface area contributed by atoms with E-state index in [0.717, 1.165) is 12.0 Å². The molecule has 0 saturated carbocycles. The molecule has 1 heterocycles. The van der Waals surface area contributed by atoms with E-state index in [1.807, 2.05) is 0 Å². The van der Waals surface area contributed by atoms with Crippen LogP contribution in [0.5, 0.6) is 0 Å². The number of piperazine rings is 1. The number of hydrogen-bond acceptors (Lipinski definition) is 2. The third-order valence-corrected chi connectivity index (χ3v) is 4.28. The summed E-state index contributed by atoms with van der Waals surface area (Å²) >= 11 is 0. The summed E-state index contributed by atoms with van der Waals surface area (Å²) in [4.78, 5) is 2.73. The van der Waals surface area contributed by atoms with Gasteiger partial charge in [0.15, 0.2) is 0 Å². The average Bonchev–Trinajstić information content (AvgIpc) is 2.27. The molecule has 0 spiro atoms. The lowest BCUT2D eigenvalue weighted by molar-refractivity contribution is 0.0813. The van der Waals surface area contributed by atoms with Gasteiger partial charge in [-0.1, -0.05) is 41.5 Å². The van der Waals surface area contributed by atoms with E-state index in [0.29, 0.717) is 11.5 Å². The van der Waals surface area contributed by atoms with Crippen molar-refractivity contribution in [2.24, 2.45) is 11.3 Å². The first-order valence-corrected chi connectivity index (χ1v) is 7.82. The highest BCUT2D eigenvalue weighted by atomic mass is 15.2. The van der Waals surface area contributed by atoms with Gasteiger partial charge in [-0.2, -0.15) is 0 Å². The first-order valence-electron chi connectivity index (χ1n) is 7.82. The molecule has 18 heavy (non-hydrogen) atoms. The van der Waals surface area contributed by atoms with E-state index in [9.17, 15) is 0 Å². The summed E-state index contributed by atoms with van der Waals surface area (Å²) in [5, 5.41) is 3.75. The standard InChI is InChI=1S/C16H34N2/c1-7-14-11-17-15(16(4,5)6)12-18(14)10-8-9-13(2)3/h13-15,17H,7-12H2,1-6H3. The van der Waals surface area contributed by atoms with Crippen LogP contribution in [0.2, 0.25) is 0 Å². The van der Waals surface area contributed by atoms with E-state index in [1.165, 1.54) is 38.9 Å².